The lowest BCUT2D eigenvalue weighted by Crippen LogP contribution is -2.22. The van der Waals surface area contributed by atoms with Crippen molar-refractivity contribution < 1.29 is 9.59 Å². The molecule has 5 nitrogen and oxygen atoms in total. The van der Waals surface area contributed by atoms with E-state index in [0.717, 1.165) is 11.0 Å². The summed E-state index contributed by atoms with van der Waals surface area (Å²) < 4.78 is 0. The Balaban J connectivity index is 1.98. The van der Waals surface area contributed by atoms with Crippen molar-refractivity contribution in [3.8, 4) is 0 Å². The van der Waals surface area contributed by atoms with Crippen molar-refractivity contribution in [3.05, 3.63) is 66.0 Å². The molecule has 0 unspecified atom stereocenters. The highest BCUT2D eigenvalue weighted by atomic mass is 16.2. The van der Waals surface area contributed by atoms with E-state index >= 15 is 0 Å². The summed E-state index contributed by atoms with van der Waals surface area (Å²) >= 11 is 0. The Morgan fingerprint density at radius 3 is 2.23 bits per heavy atom. The van der Waals surface area contributed by atoms with Crippen LogP contribution in [0.2, 0.25) is 0 Å². The molecular weight excluding hydrogens is 278 g/mol. The molecule has 0 radical (unpaired) electrons. The van der Waals surface area contributed by atoms with E-state index in [0.29, 0.717) is 17.0 Å². The SMILES string of the molecule is O=C1NC(=O)C(c2nc3ccccc3[nH]2)=C1c1ccccc1. The van der Waals surface area contributed by atoms with Gasteiger partial charge in [0.05, 0.1) is 22.2 Å². The van der Waals surface area contributed by atoms with Crippen molar-refractivity contribution in [1.82, 2.24) is 15.3 Å². The number of nitrogens with one attached hydrogen (secondary N) is 2. The number of carbonyl (C=O) groups is 2. The van der Waals surface area contributed by atoms with Gasteiger partial charge in [-0.15, -0.1) is 0 Å². The maximum atomic E-state index is 12.2. The van der Waals surface area contributed by atoms with Crippen LogP contribution < -0.4 is 5.32 Å². The molecular formula is C17H11N3O2. The topological polar surface area (TPSA) is 74.8 Å². The Kier molecular flexibility index (Phi) is 2.66. The number of aromatic amines is 1. The number of imide groups is 1. The van der Waals surface area contributed by atoms with Crippen LogP contribution in [-0.2, 0) is 9.59 Å². The molecule has 5 heteroatoms. The van der Waals surface area contributed by atoms with Crippen molar-refractivity contribution >= 4 is 34.0 Å². The van der Waals surface area contributed by atoms with E-state index in [4.69, 9.17) is 0 Å². The Morgan fingerprint density at radius 2 is 1.45 bits per heavy atom. The van der Waals surface area contributed by atoms with Crippen molar-refractivity contribution in [2.45, 2.75) is 0 Å². The molecule has 0 atom stereocenters. The molecule has 106 valence electrons. The quantitative estimate of drug-likeness (QED) is 0.710. The number of aromatic nitrogens is 2. The lowest BCUT2D eigenvalue weighted by Gasteiger charge is -2.01. The standard InChI is InChI=1S/C17H11N3O2/c21-16-13(10-6-2-1-3-7-10)14(17(22)20-16)15-18-11-8-4-5-9-12(11)19-15/h1-9H,(H,18,19)(H,20,21,22). The molecule has 4 rings (SSSR count). The second-order valence-corrected chi connectivity index (χ2v) is 5.00. The zero-order valence-corrected chi connectivity index (χ0v) is 11.5. The summed E-state index contributed by atoms with van der Waals surface area (Å²) in [4.78, 5) is 31.9. The van der Waals surface area contributed by atoms with Crippen LogP contribution in [0.3, 0.4) is 0 Å². The summed E-state index contributed by atoms with van der Waals surface area (Å²) in [7, 11) is 0. The van der Waals surface area contributed by atoms with Crippen LogP contribution in [0.4, 0.5) is 0 Å². The van der Waals surface area contributed by atoms with Gasteiger partial charge in [-0.1, -0.05) is 42.5 Å². The van der Waals surface area contributed by atoms with Crippen LogP contribution in [-0.4, -0.2) is 21.8 Å². The molecule has 0 fully saturated rings. The largest absolute Gasteiger partial charge is 0.338 e. The van der Waals surface area contributed by atoms with E-state index in [-0.39, 0.29) is 5.57 Å². The van der Waals surface area contributed by atoms with Gasteiger partial charge >= 0.3 is 0 Å². The number of benzene rings is 2. The van der Waals surface area contributed by atoms with Gasteiger partial charge in [0, 0.05) is 0 Å². The van der Waals surface area contributed by atoms with Crippen molar-refractivity contribution in [2.75, 3.05) is 0 Å². The number of H-pyrrole nitrogens is 1. The van der Waals surface area contributed by atoms with Gasteiger partial charge in [-0.25, -0.2) is 4.98 Å². The number of fused-ring (bicyclic) bond motifs is 1. The Labute approximate surface area is 125 Å². The minimum atomic E-state index is -0.428. The van der Waals surface area contributed by atoms with Gasteiger partial charge in [0.2, 0.25) is 0 Å². The minimum absolute atomic E-state index is 0.285. The molecule has 1 aliphatic rings. The zero-order valence-electron chi connectivity index (χ0n) is 11.5. The van der Waals surface area contributed by atoms with E-state index in [1.54, 1.807) is 12.1 Å². The Hall–Kier alpha value is -3.21. The van der Waals surface area contributed by atoms with E-state index in [9.17, 15) is 9.59 Å². The number of rotatable bonds is 2. The van der Waals surface area contributed by atoms with E-state index in [2.05, 4.69) is 15.3 Å². The Bertz CT molecular complexity index is 906. The molecule has 22 heavy (non-hydrogen) atoms. The third kappa shape index (κ3) is 1.83. The molecule has 2 amide bonds. The first-order chi connectivity index (χ1) is 10.7. The average Bonchev–Trinajstić information content (AvgIpc) is 3.08. The van der Waals surface area contributed by atoms with Crippen molar-refractivity contribution in [3.63, 3.8) is 0 Å². The molecule has 0 saturated carbocycles. The molecule has 1 aromatic heterocycles. The van der Waals surface area contributed by atoms with Crippen molar-refractivity contribution in [2.24, 2.45) is 0 Å². The smallest absolute Gasteiger partial charge is 0.262 e. The highest BCUT2D eigenvalue weighted by Gasteiger charge is 2.33. The Morgan fingerprint density at radius 1 is 0.773 bits per heavy atom. The molecule has 3 aromatic rings. The van der Waals surface area contributed by atoms with Gasteiger partial charge < -0.3 is 4.98 Å². The van der Waals surface area contributed by atoms with Gasteiger partial charge in [0.1, 0.15) is 5.82 Å². The third-order valence-corrected chi connectivity index (χ3v) is 3.62. The van der Waals surface area contributed by atoms with Crippen LogP contribution in [0.1, 0.15) is 11.4 Å². The number of para-hydroxylation sites is 2. The van der Waals surface area contributed by atoms with E-state index in [1.165, 1.54) is 0 Å². The number of carbonyl (C=O) groups excluding carboxylic acids is 2. The monoisotopic (exact) mass is 289 g/mol. The molecule has 0 bridgehead atoms. The normalized spacial score (nSPS) is 14.7. The highest BCUT2D eigenvalue weighted by molar-refractivity contribution is 6.48. The fourth-order valence-corrected chi connectivity index (χ4v) is 2.63. The van der Waals surface area contributed by atoms with Crippen LogP contribution in [0.25, 0.3) is 22.2 Å². The molecule has 2 N–H and O–H groups in total. The van der Waals surface area contributed by atoms with Gasteiger partial charge in [-0.2, -0.15) is 0 Å². The van der Waals surface area contributed by atoms with Gasteiger partial charge in [-0.3, -0.25) is 14.9 Å². The van der Waals surface area contributed by atoms with E-state index < -0.39 is 11.8 Å². The number of hydrogen-bond donors (Lipinski definition) is 2. The number of imidazole rings is 1. The van der Waals surface area contributed by atoms with Crippen LogP contribution >= 0.6 is 0 Å². The minimum Gasteiger partial charge on any atom is -0.338 e. The molecule has 0 spiro atoms. The molecule has 0 saturated heterocycles. The van der Waals surface area contributed by atoms with Crippen LogP contribution in [0.15, 0.2) is 54.6 Å². The maximum absolute atomic E-state index is 12.2. The third-order valence-electron chi connectivity index (χ3n) is 3.62. The number of amides is 2. The first-order valence-corrected chi connectivity index (χ1v) is 6.84. The lowest BCUT2D eigenvalue weighted by atomic mass is 10.0. The van der Waals surface area contributed by atoms with Crippen LogP contribution in [0, 0.1) is 0 Å². The predicted molar refractivity (Wildman–Crippen MR) is 82.5 cm³/mol. The summed E-state index contributed by atoms with van der Waals surface area (Å²) in [5.41, 5.74) is 2.91. The molecule has 1 aliphatic heterocycles. The average molecular weight is 289 g/mol. The number of nitrogens with zero attached hydrogens (tertiary/aromatic N) is 1. The summed E-state index contributed by atoms with van der Waals surface area (Å²) in [6, 6.07) is 16.6. The van der Waals surface area contributed by atoms with Crippen LogP contribution in [0.5, 0.6) is 0 Å². The summed E-state index contributed by atoms with van der Waals surface area (Å²) in [5.74, 6) is -0.419. The fraction of sp³-hybridized carbons (Fsp3) is 0. The highest BCUT2D eigenvalue weighted by Crippen LogP contribution is 2.30. The first-order valence-electron chi connectivity index (χ1n) is 6.84. The summed E-state index contributed by atoms with van der Waals surface area (Å²) in [6.45, 7) is 0. The summed E-state index contributed by atoms with van der Waals surface area (Å²) in [6.07, 6.45) is 0. The zero-order chi connectivity index (χ0) is 15.1. The second kappa shape index (κ2) is 4.66. The number of hydrogen-bond acceptors (Lipinski definition) is 3. The second-order valence-electron chi connectivity index (χ2n) is 5.00. The molecule has 2 heterocycles. The predicted octanol–water partition coefficient (Wildman–Crippen LogP) is 2.13. The fourth-order valence-electron chi connectivity index (χ4n) is 2.63. The lowest BCUT2D eigenvalue weighted by molar-refractivity contribution is -0.122. The van der Waals surface area contributed by atoms with Gasteiger partial charge in [0.15, 0.2) is 0 Å². The van der Waals surface area contributed by atoms with E-state index in [1.807, 2.05) is 42.5 Å². The molecule has 2 aromatic carbocycles. The maximum Gasteiger partial charge on any atom is 0.262 e. The molecule has 0 aliphatic carbocycles. The van der Waals surface area contributed by atoms with Crippen molar-refractivity contribution in [1.29, 1.82) is 0 Å². The van der Waals surface area contributed by atoms with Gasteiger partial charge in [0.25, 0.3) is 11.8 Å². The first kappa shape index (κ1) is 12.5. The summed E-state index contributed by atoms with van der Waals surface area (Å²) in [5, 5.41) is 2.35. The van der Waals surface area contributed by atoms with Gasteiger partial charge in [-0.05, 0) is 17.7 Å².